The molecule has 3 heterocycles. The molecule has 67 heavy (non-hydrogen) atoms. The van der Waals surface area contributed by atoms with E-state index >= 15 is 0 Å². The number of benzene rings is 5. The van der Waals surface area contributed by atoms with Crippen molar-refractivity contribution >= 4 is 50.6 Å². The molecule has 2 aromatic heterocycles. The van der Waals surface area contributed by atoms with Crippen LogP contribution in [-0.2, 0) is 14.2 Å². The first-order chi connectivity index (χ1) is 31.5. The second-order valence-corrected chi connectivity index (χ2v) is 14.7. The summed E-state index contributed by atoms with van der Waals surface area (Å²) >= 11 is 0. The summed E-state index contributed by atoms with van der Waals surface area (Å²) in [5.41, 5.74) is -11.4. The number of hydrogen-bond donors (Lipinski definition) is 16. The summed E-state index contributed by atoms with van der Waals surface area (Å²) in [6.07, 6.45) is -14.3. The number of hydrogen-bond acceptors (Lipinski definition) is 26. The summed E-state index contributed by atoms with van der Waals surface area (Å²) in [5, 5.41) is 169. The van der Waals surface area contributed by atoms with Crippen LogP contribution in [0.4, 0.5) is 0 Å². The van der Waals surface area contributed by atoms with Crippen molar-refractivity contribution in [1.82, 2.24) is 0 Å². The molecule has 0 saturated heterocycles. The molecular formula is C41H28O26. The minimum atomic E-state index is -3.01. The Morgan fingerprint density at radius 3 is 1.64 bits per heavy atom. The van der Waals surface area contributed by atoms with Gasteiger partial charge in [-0.2, -0.15) is 0 Å². The molecular weight excluding hydrogens is 908 g/mol. The fraction of sp³-hybridized carbons (Fsp3) is 0.146. The predicted molar refractivity (Wildman–Crippen MR) is 213 cm³/mol. The SMILES string of the molecule is O=C(OC1COC(=O)c2cc(O)c(O)c(O)c2-c2c(cc(O)c(O)c2O)C(=O)OC1C(O)C(O)C(O)c1c(O)c(O)c2oc(=O)c3cc(O)c(O)c4oc(=O)c1c2c43)c1cc(O)c(O)c(O)c1. The number of ether oxygens (including phenoxy) is 3. The van der Waals surface area contributed by atoms with Crippen LogP contribution in [0.2, 0.25) is 0 Å². The van der Waals surface area contributed by atoms with Gasteiger partial charge < -0.3 is 105 Å². The second-order valence-electron chi connectivity index (χ2n) is 14.7. The predicted octanol–water partition coefficient (Wildman–Crippen LogP) is 0.707. The quantitative estimate of drug-likeness (QED) is 0.0359. The highest BCUT2D eigenvalue weighted by atomic mass is 16.6. The van der Waals surface area contributed by atoms with Gasteiger partial charge in [-0.15, -0.1) is 0 Å². The molecule has 1 aliphatic rings. The van der Waals surface area contributed by atoms with Crippen LogP contribution >= 0.6 is 0 Å². The van der Waals surface area contributed by atoms with Gasteiger partial charge in [0.25, 0.3) is 0 Å². The number of cyclic esters (lactones) is 2. The van der Waals surface area contributed by atoms with E-state index in [2.05, 4.69) is 0 Å². The molecule has 5 atom stereocenters. The molecule has 8 rings (SSSR count). The van der Waals surface area contributed by atoms with E-state index in [1.54, 1.807) is 0 Å². The molecule has 0 fully saturated rings. The van der Waals surface area contributed by atoms with Gasteiger partial charge in [-0.1, -0.05) is 0 Å². The highest BCUT2D eigenvalue weighted by molar-refractivity contribution is 6.23. The fourth-order valence-electron chi connectivity index (χ4n) is 7.57. The summed E-state index contributed by atoms with van der Waals surface area (Å²) in [7, 11) is 0. The molecule has 16 N–H and O–H groups in total. The van der Waals surface area contributed by atoms with Gasteiger partial charge in [0.05, 0.1) is 27.5 Å². The Labute approximate surface area is 365 Å². The zero-order valence-electron chi connectivity index (χ0n) is 32.7. The lowest BCUT2D eigenvalue weighted by Crippen LogP contribution is -2.52. The highest BCUT2D eigenvalue weighted by Crippen LogP contribution is 2.54. The number of aliphatic hydroxyl groups excluding tert-OH is 3. The third-order valence-corrected chi connectivity index (χ3v) is 10.8. The molecule has 5 aromatic carbocycles. The Kier molecular flexibility index (Phi) is 10.2. The topological polar surface area (TPSA) is 463 Å². The van der Waals surface area contributed by atoms with Gasteiger partial charge in [0.1, 0.15) is 24.9 Å². The van der Waals surface area contributed by atoms with Gasteiger partial charge >= 0.3 is 29.2 Å². The molecule has 0 bridgehead atoms. The minimum Gasteiger partial charge on any atom is -0.504 e. The Morgan fingerprint density at radius 2 is 1.06 bits per heavy atom. The Hall–Kier alpha value is -9.27. The maximum Gasteiger partial charge on any atom is 0.344 e. The Morgan fingerprint density at radius 1 is 0.552 bits per heavy atom. The molecule has 26 heteroatoms. The smallest absolute Gasteiger partial charge is 0.344 e. The van der Waals surface area contributed by atoms with Gasteiger partial charge in [0.15, 0.2) is 75.1 Å². The number of aromatic hydroxyl groups is 13. The van der Waals surface area contributed by atoms with Gasteiger partial charge in [0.2, 0.25) is 23.0 Å². The zero-order chi connectivity index (χ0) is 49.0. The van der Waals surface area contributed by atoms with Crippen LogP contribution in [0.5, 0.6) is 74.7 Å². The molecule has 0 spiro atoms. The van der Waals surface area contributed by atoms with Gasteiger partial charge in [-0.3, -0.25) is 0 Å². The van der Waals surface area contributed by atoms with Crippen molar-refractivity contribution in [3.8, 4) is 85.9 Å². The number of rotatable bonds is 6. The lowest BCUT2D eigenvalue weighted by molar-refractivity contribution is -0.146. The van der Waals surface area contributed by atoms with Crippen LogP contribution in [0, 0.1) is 0 Å². The van der Waals surface area contributed by atoms with E-state index in [1.165, 1.54) is 0 Å². The molecule has 0 saturated carbocycles. The number of carbonyl (C=O) groups excluding carboxylic acids is 3. The highest BCUT2D eigenvalue weighted by Gasteiger charge is 2.46. The van der Waals surface area contributed by atoms with Crippen molar-refractivity contribution in [2.75, 3.05) is 6.61 Å². The second kappa shape index (κ2) is 15.5. The normalized spacial score (nSPS) is 16.7. The van der Waals surface area contributed by atoms with E-state index in [1.807, 2.05) is 0 Å². The first-order valence-electron chi connectivity index (χ1n) is 18.6. The number of aliphatic hydroxyl groups is 3. The van der Waals surface area contributed by atoms with Crippen molar-refractivity contribution in [1.29, 1.82) is 0 Å². The van der Waals surface area contributed by atoms with Crippen LogP contribution in [0.3, 0.4) is 0 Å². The lowest BCUT2D eigenvalue weighted by atomic mass is 9.90. The minimum absolute atomic E-state index is 0.335. The molecule has 348 valence electrons. The summed E-state index contributed by atoms with van der Waals surface area (Å²) in [6.45, 7) is -1.47. The first kappa shape index (κ1) is 44.3. The number of phenols is 13. The maximum atomic E-state index is 14.3. The molecule has 0 aliphatic carbocycles. The Balaban J connectivity index is 1.32. The number of phenolic OH excluding ortho intramolecular Hbond substituents is 13. The van der Waals surface area contributed by atoms with Gasteiger partial charge in [0, 0.05) is 27.5 Å². The van der Waals surface area contributed by atoms with E-state index in [4.69, 9.17) is 23.0 Å². The molecule has 26 nitrogen and oxygen atoms in total. The van der Waals surface area contributed by atoms with Crippen LogP contribution in [0.25, 0.3) is 43.8 Å². The zero-order valence-corrected chi connectivity index (χ0v) is 32.7. The molecule has 1 aliphatic heterocycles. The largest absolute Gasteiger partial charge is 0.504 e. The summed E-state index contributed by atoms with van der Waals surface area (Å²) < 4.78 is 26.2. The third kappa shape index (κ3) is 6.66. The number of fused-ring (bicyclic) bond motifs is 3. The Bertz CT molecular complexity index is 3400. The lowest BCUT2D eigenvalue weighted by Gasteiger charge is -2.34. The van der Waals surface area contributed by atoms with Crippen molar-refractivity contribution in [2.24, 2.45) is 0 Å². The fourth-order valence-corrected chi connectivity index (χ4v) is 7.57. The van der Waals surface area contributed by atoms with E-state index in [0.717, 1.165) is 0 Å². The van der Waals surface area contributed by atoms with Crippen molar-refractivity contribution in [3.05, 3.63) is 73.4 Å². The molecule has 0 amide bonds. The molecule has 7 aromatic rings. The van der Waals surface area contributed by atoms with E-state index < -0.39 is 207 Å². The van der Waals surface area contributed by atoms with Crippen LogP contribution in [0.1, 0.15) is 42.7 Å². The van der Waals surface area contributed by atoms with Crippen molar-refractivity contribution in [2.45, 2.75) is 30.5 Å². The van der Waals surface area contributed by atoms with Crippen LogP contribution in [0.15, 0.2) is 48.8 Å². The average molecular weight is 937 g/mol. The van der Waals surface area contributed by atoms with E-state index in [9.17, 15) is 106 Å². The molecule has 0 radical (unpaired) electrons. The number of esters is 3. The van der Waals surface area contributed by atoms with Crippen molar-refractivity contribution < 1.29 is 119 Å². The van der Waals surface area contributed by atoms with Crippen LogP contribution in [-0.4, -0.2) is 131 Å². The average Bonchev–Trinajstić information content (AvgIpc) is 3.29. The molecule has 5 unspecified atom stereocenters. The summed E-state index contributed by atoms with van der Waals surface area (Å²) in [4.78, 5) is 68.2. The van der Waals surface area contributed by atoms with Gasteiger partial charge in [-0.05, 0) is 30.3 Å². The van der Waals surface area contributed by atoms with Gasteiger partial charge in [-0.25, -0.2) is 24.0 Å². The van der Waals surface area contributed by atoms with Crippen LogP contribution < -0.4 is 11.3 Å². The van der Waals surface area contributed by atoms with E-state index in [-0.39, 0.29) is 0 Å². The third-order valence-electron chi connectivity index (χ3n) is 10.8. The monoisotopic (exact) mass is 936 g/mol. The first-order valence-corrected chi connectivity index (χ1v) is 18.6. The maximum absolute atomic E-state index is 14.3. The standard InChI is InChI=1S/C41H28O26/c42-11-1-7(2-12(43)23(11)47)37(58)64-16-6-63-38(59)8-3-13(44)24(48)27(51)17(8)18-9(4-14(45)25(49)28(18)52)39(60)65-34(16)33(57)31(55)29(53)22-21-20-19-10(40(61)66-36(20)32(56)30(22)54)5-15(46)26(50)35(19)67-41(21)62/h1-5,16,29,31,33-34,42-57H,6H2. The number of carbonyl (C=O) groups is 3. The van der Waals surface area contributed by atoms with E-state index in [0.29, 0.717) is 30.3 Å². The van der Waals surface area contributed by atoms with Crippen molar-refractivity contribution in [3.63, 3.8) is 0 Å². The summed E-state index contributed by atoms with van der Waals surface area (Å²) in [6, 6.07) is 2.46. The summed E-state index contributed by atoms with van der Waals surface area (Å²) in [5.74, 6) is -22.1.